The first-order valence-electron chi connectivity index (χ1n) is 25.2. The normalized spacial score (nSPS) is 12.9. The summed E-state index contributed by atoms with van der Waals surface area (Å²) in [6, 6.07) is 90.9. The maximum absolute atomic E-state index is 6.51. The Balaban J connectivity index is 0.845. The number of nitrogens with zero attached hydrogens (tertiary/aromatic N) is 3. The zero-order chi connectivity index (χ0) is 48.4. The van der Waals surface area contributed by atoms with E-state index in [1.807, 2.05) is 6.07 Å². The van der Waals surface area contributed by atoms with Crippen LogP contribution in [0.2, 0.25) is 0 Å². The maximum Gasteiger partial charge on any atom is 0.143 e. The minimum Gasteiger partial charge on any atom is -0.455 e. The number of anilines is 3. The molecule has 0 aliphatic heterocycles. The van der Waals surface area contributed by atoms with Crippen LogP contribution < -0.4 is 4.90 Å². The molecule has 4 nitrogen and oxygen atoms in total. The molecule has 0 radical (unpaired) electrons. The molecule has 0 fully saturated rings. The van der Waals surface area contributed by atoms with Crippen molar-refractivity contribution in [2.24, 2.45) is 0 Å². The van der Waals surface area contributed by atoms with Crippen LogP contribution in [-0.2, 0) is 5.41 Å². The minimum absolute atomic E-state index is 0.263. The summed E-state index contributed by atoms with van der Waals surface area (Å²) >= 11 is 0. The van der Waals surface area contributed by atoms with E-state index in [4.69, 9.17) is 4.42 Å². The van der Waals surface area contributed by atoms with Crippen LogP contribution in [0.25, 0.3) is 110 Å². The quantitative estimate of drug-likeness (QED) is 0.159. The van der Waals surface area contributed by atoms with Gasteiger partial charge >= 0.3 is 0 Å². The fourth-order valence-corrected chi connectivity index (χ4v) is 12.2. The molecule has 0 amide bonds. The van der Waals surface area contributed by atoms with Gasteiger partial charge in [0.2, 0.25) is 0 Å². The van der Waals surface area contributed by atoms with Gasteiger partial charge in [-0.25, -0.2) is 0 Å². The van der Waals surface area contributed by atoms with Crippen LogP contribution in [0.1, 0.15) is 25.0 Å². The van der Waals surface area contributed by atoms with Crippen molar-refractivity contribution >= 4 is 82.6 Å². The van der Waals surface area contributed by atoms with Gasteiger partial charge in [-0.3, -0.25) is 0 Å². The Morgan fingerprint density at radius 2 is 0.836 bits per heavy atom. The number of para-hydroxylation sites is 6. The first kappa shape index (κ1) is 41.4. The van der Waals surface area contributed by atoms with E-state index in [-0.39, 0.29) is 5.41 Å². The second kappa shape index (κ2) is 15.8. The zero-order valence-corrected chi connectivity index (χ0v) is 40.4. The number of hydrogen-bond acceptors (Lipinski definition) is 2. The highest BCUT2D eigenvalue weighted by Crippen LogP contribution is 2.52. The molecule has 14 aromatic rings. The van der Waals surface area contributed by atoms with Gasteiger partial charge in [0.1, 0.15) is 11.2 Å². The summed E-state index contributed by atoms with van der Waals surface area (Å²) in [6.45, 7) is 4.77. The van der Waals surface area contributed by atoms with Crippen molar-refractivity contribution in [2.45, 2.75) is 19.3 Å². The lowest BCUT2D eigenvalue weighted by molar-refractivity contribution is 0.660. The van der Waals surface area contributed by atoms with Crippen LogP contribution in [0, 0.1) is 0 Å². The molecule has 1 aliphatic carbocycles. The van der Waals surface area contributed by atoms with Gasteiger partial charge in [-0.15, -0.1) is 0 Å². The van der Waals surface area contributed by atoms with Gasteiger partial charge in [-0.2, -0.15) is 0 Å². The average molecular weight is 934 g/mol. The van der Waals surface area contributed by atoms with Gasteiger partial charge < -0.3 is 18.5 Å². The molecule has 3 heterocycles. The van der Waals surface area contributed by atoms with Crippen molar-refractivity contribution in [3.05, 3.63) is 260 Å². The van der Waals surface area contributed by atoms with Crippen molar-refractivity contribution in [3.63, 3.8) is 0 Å². The van der Waals surface area contributed by atoms with Crippen molar-refractivity contribution in [3.8, 4) is 44.8 Å². The van der Waals surface area contributed by atoms with Crippen LogP contribution >= 0.6 is 0 Å². The number of hydrogen-bond donors (Lipinski definition) is 0. The standard InChI is InChI=1S/C69H47N3O/c1-69(2)61-42-50(36-39-53(61)54-40-37-51(43-62(54)69)72-64-24-11-6-17-55(64)56-18-7-12-25-65(56)72)70(49-34-29-45(30-35-49)52-21-14-22-60-59-20-9-13-26-67(59)73-68(52)60)48-32-27-44(28-33-48)46-31-38-58-57-19-8-10-23-63(57)71(66(58)41-46)47-15-4-3-5-16-47/h3-43H,1-2H3. The molecule has 0 saturated carbocycles. The Bertz CT molecular complexity index is 4460. The number of furan rings is 1. The molecule has 0 atom stereocenters. The molecule has 0 unspecified atom stereocenters. The van der Waals surface area contributed by atoms with Crippen molar-refractivity contribution in [2.75, 3.05) is 4.90 Å². The molecule has 1 aliphatic rings. The fourth-order valence-electron chi connectivity index (χ4n) is 12.2. The highest BCUT2D eigenvalue weighted by Gasteiger charge is 2.37. The van der Waals surface area contributed by atoms with E-state index in [2.05, 4.69) is 271 Å². The molecule has 0 N–H and O–H groups in total. The van der Waals surface area contributed by atoms with Crippen LogP contribution in [0.15, 0.2) is 253 Å². The van der Waals surface area contributed by atoms with E-state index in [1.165, 1.54) is 77.1 Å². The molecule has 0 spiro atoms. The summed E-state index contributed by atoms with van der Waals surface area (Å²) in [5, 5.41) is 7.30. The first-order chi connectivity index (χ1) is 36.0. The largest absolute Gasteiger partial charge is 0.455 e. The second-order valence-electron chi connectivity index (χ2n) is 20.1. The van der Waals surface area contributed by atoms with E-state index < -0.39 is 0 Å². The van der Waals surface area contributed by atoms with E-state index in [0.717, 1.165) is 61.4 Å². The molecule has 4 heteroatoms. The summed E-state index contributed by atoms with van der Waals surface area (Å²) in [4.78, 5) is 2.41. The molecular weight excluding hydrogens is 887 g/mol. The molecule has 0 bridgehead atoms. The topological polar surface area (TPSA) is 26.2 Å². The summed E-state index contributed by atoms with van der Waals surface area (Å²) in [5.74, 6) is 0. The molecule has 11 aromatic carbocycles. The molecule has 73 heavy (non-hydrogen) atoms. The molecule has 0 saturated heterocycles. The minimum atomic E-state index is -0.263. The zero-order valence-electron chi connectivity index (χ0n) is 40.4. The highest BCUT2D eigenvalue weighted by atomic mass is 16.3. The second-order valence-corrected chi connectivity index (χ2v) is 20.1. The molecule has 15 rings (SSSR count). The van der Waals surface area contributed by atoms with Crippen molar-refractivity contribution < 1.29 is 4.42 Å². The first-order valence-corrected chi connectivity index (χ1v) is 25.2. The summed E-state index contributed by atoms with van der Waals surface area (Å²) in [5.41, 5.74) is 21.7. The lowest BCUT2D eigenvalue weighted by atomic mass is 9.82. The number of fused-ring (bicyclic) bond motifs is 12. The third kappa shape index (κ3) is 6.27. The van der Waals surface area contributed by atoms with E-state index >= 15 is 0 Å². The molecule has 344 valence electrons. The summed E-state index contributed by atoms with van der Waals surface area (Å²) in [7, 11) is 0. The van der Waals surface area contributed by atoms with Gasteiger partial charge in [-0.1, -0.05) is 172 Å². The Labute approximate surface area is 422 Å². The van der Waals surface area contributed by atoms with E-state index in [1.54, 1.807) is 0 Å². The van der Waals surface area contributed by atoms with Crippen LogP contribution in [0.4, 0.5) is 17.1 Å². The van der Waals surface area contributed by atoms with E-state index in [0.29, 0.717) is 0 Å². The van der Waals surface area contributed by atoms with Crippen LogP contribution in [-0.4, -0.2) is 9.13 Å². The Morgan fingerprint density at radius 1 is 0.329 bits per heavy atom. The van der Waals surface area contributed by atoms with Crippen molar-refractivity contribution in [1.82, 2.24) is 9.13 Å². The average Bonchev–Trinajstić information content (AvgIpc) is 4.16. The van der Waals surface area contributed by atoms with Gasteiger partial charge in [-0.05, 0) is 130 Å². The van der Waals surface area contributed by atoms with E-state index in [9.17, 15) is 0 Å². The SMILES string of the molecule is CC1(C)c2cc(N(c3ccc(-c4ccc5c6ccccc6n(-c6ccccc6)c5c4)cc3)c3ccc(-c4cccc5c4oc4ccccc45)cc3)ccc2-c2ccc(-n3c4ccccc4c4ccccc43)cc21. The van der Waals surface area contributed by atoms with Crippen molar-refractivity contribution in [1.29, 1.82) is 0 Å². The lowest BCUT2D eigenvalue weighted by Gasteiger charge is -2.28. The predicted molar refractivity (Wildman–Crippen MR) is 306 cm³/mol. The molecular formula is C69H47N3O. The third-order valence-electron chi connectivity index (χ3n) is 15.7. The fraction of sp³-hybridized carbons (Fsp3) is 0.0435. The molecule has 3 aromatic heterocycles. The Hall–Kier alpha value is -9.38. The number of benzene rings is 11. The van der Waals surface area contributed by atoms with Gasteiger partial charge in [0.05, 0.1) is 22.1 Å². The highest BCUT2D eigenvalue weighted by molar-refractivity contribution is 6.12. The van der Waals surface area contributed by atoms with Gasteiger partial charge in [0.25, 0.3) is 0 Å². The van der Waals surface area contributed by atoms with Gasteiger partial charge in [0, 0.05) is 71.7 Å². The monoisotopic (exact) mass is 933 g/mol. The smallest absolute Gasteiger partial charge is 0.143 e. The number of rotatable bonds is 7. The predicted octanol–water partition coefficient (Wildman–Crippen LogP) is 18.9. The Kier molecular flexibility index (Phi) is 8.97. The summed E-state index contributed by atoms with van der Waals surface area (Å²) < 4.78 is 11.3. The van der Waals surface area contributed by atoms with Crippen LogP contribution in [0.5, 0.6) is 0 Å². The Morgan fingerprint density at radius 3 is 1.51 bits per heavy atom. The van der Waals surface area contributed by atoms with Gasteiger partial charge in [0.15, 0.2) is 0 Å². The lowest BCUT2D eigenvalue weighted by Crippen LogP contribution is -2.17. The van der Waals surface area contributed by atoms with Crippen LogP contribution in [0.3, 0.4) is 0 Å². The third-order valence-corrected chi connectivity index (χ3v) is 15.7. The number of aromatic nitrogens is 2. The maximum atomic E-state index is 6.51. The summed E-state index contributed by atoms with van der Waals surface area (Å²) in [6.07, 6.45) is 0.